The number of nitrogens with zero attached hydrogens (tertiary/aromatic N) is 3. The van der Waals surface area contributed by atoms with E-state index in [1.165, 1.54) is 0 Å². The van der Waals surface area contributed by atoms with Crippen LogP contribution in [0, 0.1) is 0 Å². The monoisotopic (exact) mass is 229 g/mol. The van der Waals surface area contributed by atoms with Gasteiger partial charge in [-0.3, -0.25) is 0 Å². The number of rotatable bonds is 3. The maximum atomic E-state index is 8.29. The molecule has 0 aliphatic carbocycles. The highest BCUT2D eigenvalue weighted by Crippen LogP contribution is 2.38. The molecular weight excluding hydrogens is 214 g/mol. The van der Waals surface area contributed by atoms with E-state index in [0.29, 0.717) is 0 Å². The molecule has 2 aliphatic rings. The second-order valence-corrected chi connectivity index (χ2v) is 4.26. The van der Waals surface area contributed by atoms with Crippen molar-refractivity contribution in [2.45, 2.75) is 44.2 Å². The van der Waals surface area contributed by atoms with Crippen molar-refractivity contribution in [2.75, 3.05) is 13.7 Å². The summed E-state index contributed by atoms with van der Waals surface area (Å²) in [5.74, 6) is -0.648. The van der Waals surface area contributed by atoms with Gasteiger partial charge in [-0.1, -0.05) is 5.11 Å². The summed E-state index contributed by atoms with van der Waals surface area (Å²) in [6.45, 7) is 3.89. The van der Waals surface area contributed by atoms with E-state index in [-0.39, 0.29) is 24.9 Å². The SMILES string of the molecule is CO[C@H]1O[C@H](CN=[N+]=[N-])[C@H]2OC(C)(C)O[C@@H]12. The van der Waals surface area contributed by atoms with Gasteiger partial charge in [0.15, 0.2) is 12.1 Å². The first-order valence-electron chi connectivity index (χ1n) is 5.12. The normalized spacial score (nSPS) is 40.4. The fourth-order valence-electron chi connectivity index (χ4n) is 2.10. The Bertz CT molecular complexity index is 316. The molecule has 0 unspecified atom stereocenters. The lowest BCUT2D eigenvalue weighted by Gasteiger charge is -2.22. The van der Waals surface area contributed by atoms with Crippen molar-refractivity contribution in [3.63, 3.8) is 0 Å². The Morgan fingerprint density at radius 3 is 2.69 bits per heavy atom. The summed E-state index contributed by atoms with van der Waals surface area (Å²) in [5, 5.41) is 3.50. The number of methoxy groups -OCH3 is 1. The maximum absolute atomic E-state index is 8.29. The molecule has 0 aromatic carbocycles. The smallest absolute Gasteiger partial charge is 0.186 e. The van der Waals surface area contributed by atoms with E-state index >= 15 is 0 Å². The second kappa shape index (κ2) is 4.20. The van der Waals surface area contributed by atoms with Crippen LogP contribution in [0.2, 0.25) is 0 Å². The van der Waals surface area contributed by atoms with Crippen LogP contribution in [-0.4, -0.2) is 44.0 Å². The molecule has 2 heterocycles. The Morgan fingerprint density at radius 2 is 2.06 bits per heavy atom. The third kappa shape index (κ3) is 2.00. The molecule has 0 aromatic rings. The molecule has 2 aliphatic heterocycles. The van der Waals surface area contributed by atoms with Crippen molar-refractivity contribution in [3.05, 3.63) is 10.4 Å². The van der Waals surface area contributed by atoms with Crippen molar-refractivity contribution in [1.82, 2.24) is 0 Å². The van der Waals surface area contributed by atoms with E-state index in [0.717, 1.165) is 0 Å². The summed E-state index contributed by atoms with van der Waals surface area (Å²) < 4.78 is 22.1. The summed E-state index contributed by atoms with van der Waals surface area (Å²) in [6, 6.07) is 0. The lowest BCUT2D eigenvalue weighted by molar-refractivity contribution is -0.225. The molecule has 0 bridgehead atoms. The minimum absolute atomic E-state index is 0.219. The zero-order chi connectivity index (χ0) is 11.8. The topological polar surface area (TPSA) is 85.7 Å². The Labute approximate surface area is 93.2 Å². The molecule has 0 aromatic heterocycles. The van der Waals surface area contributed by atoms with Crippen LogP contribution in [0.5, 0.6) is 0 Å². The highest BCUT2D eigenvalue weighted by atomic mass is 16.8. The zero-order valence-corrected chi connectivity index (χ0v) is 9.49. The van der Waals surface area contributed by atoms with Gasteiger partial charge in [0.1, 0.15) is 12.2 Å². The minimum Gasteiger partial charge on any atom is -0.353 e. The molecule has 0 N–H and O–H groups in total. The van der Waals surface area contributed by atoms with Crippen molar-refractivity contribution in [2.24, 2.45) is 5.11 Å². The molecule has 2 saturated heterocycles. The Morgan fingerprint density at radius 1 is 1.38 bits per heavy atom. The van der Waals surface area contributed by atoms with Crippen molar-refractivity contribution in [1.29, 1.82) is 0 Å². The molecule has 7 heteroatoms. The quantitative estimate of drug-likeness (QED) is 0.413. The van der Waals surface area contributed by atoms with Gasteiger partial charge in [0, 0.05) is 12.0 Å². The number of hydrogen-bond acceptors (Lipinski definition) is 5. The zero-order valence-electron chi connectivity index (χ0n) is 9.49. The minimum atomic E-state index is -0.648. The van der Waals surface area contributed by atoms with Crippen LogP contribution in [0.15, 0.2) is 5.11 Å². The third-order valence-corrected chi connectivity index (χ3v) is 2.66. The average molecular weight is 229 g/mol. The molecule has 0 spiro atoms. The predicted octanol–water partition coefficient (Wildman–Crippen LogP) is 1.19. The lowest BCUT2D eigenvalue weighted by Crippen LogP contribution is -2.31. The Balaban J connectivity index is 2.10. The fourth-order valence-corrected chi connectivity index (χ4v) is 2.10. The lowest BCUT2D eigenvalue weighted by atomic mass is 10.1. The second-order valence-electron chi connectivity index (χ2n) is 4.26. The molecule has 0 amide bonds. The fraction of sp³-hybridized carbons (Fsp3) is 1.00. The van der Waals surface area contributed by atoms with E-state index in [2.05, 4.69) is 10.0 Å². The van der Waals surface area contributed by atoms with E-state index in [1.54, 1.807) is 7.11 Å². The van der Waals surface area contributed by atoms with Gasteiger partial charge in [-0.05, 0) is 19.4 Å². The summed E-state index contributed by atoms with van der Waals surface area (Å²) in [7, 11) is 1.55. The standard InChI is InChI=1S/C9H15N3O4/c1-9(2)15-6-5(4-11-12-10)14-8(13-3)7(6)16-9/h5-8H,4H2,1-3H3/t5-,6-,7-,8+/m1/s1. The van der Waals surface area contributed by atoms with Crippen LogP contribution >= 0.6 is 0 Å². The largest absolute Gasteiger partial charge is 0.353 e. The van der Waals surface area contributed by atoms with Crippen LogP contribution < -0.4 is 0 Å². The summed E-state index contributed by atoms with van der Waals surface area (Å²) in [5.41, 5.74) is 8.29. The van der Waals surface area contributed by atoms with Crippen molar-refractivity contribution < 1.29 is 18.9 Å². The van der Waals surface area contributed by atoms with Gasteiger partial charge in [-0.15, -0.1) is 0 Å². The van der Waals surface area contributed by atoms with Gasteiger partial charge in [0.2, 0.25) is 0 Å². The molecule has 90 valence electrons. The Hall–Kier alpha value is -0.850. The summed E-state index contributed by atoms with van der Waals surface area (Å²) in [6.07, 6.45) is -1.29. The van der Waals surface area contributed by atoms with Gasteiger partial charge in [0.25, 0.3) is 0 Å². The molecule has 7 nitrogen and oxygen atoms in total. The van der Waals surface area contributed by atoms with Crippen molar-refractivity contribution >= 4 is 0 Å². The first-order valence-corrected chi connectivity index (χ1v) is 5.12. The van der Waals surface area contributed by atoms with Gasteiger partial charge < -0.3 is 18.9 Å². The highest BCUT2D eigenvalue weighted by molar-refractivity contribution is 4.95. The van der Waals surface area contributed by atoms with Gasteiger partial charge in [0.05, 0.1) is 12.6 Å². The number of azide groups is 1. The van der Waals surface area contributed by atoms with Crippen LogP contribution in [0.1, 0.15) is 13.8 Å². The van der Waals surface area contributed by atoms with E-state index in [1.807, 2.05) is 13.8 Å². The average Bonchev–Trinajstić information content (AvgIpc) is 2.69. The van der Waals surface area contributed by atoms with Crippen LogP contribution in [0.3, 0.4) is 0 Å². The van der Waals surface area contributed by atoms with Gasteiger partial charge in [-0.25, -0.2) is 0 Å². The molecule has 2 fully saturated rings. The van der Waals surface area contributed by atoms with E-state index in [9.17, 15) is 0 Å². The number of hydrogen-bond donors (Lipinski definition) is 0. The maximum Gasteiger partial charge on any atom is 0.186 e. The number of ether oxygens (including phenoxy) is 4. The van der Waals surface area contributed by atoms with E-state index < -0.39 is 12.1 Å². The van der Waals surface area contributed by atoms with Gasteiger partial charge in [-0.2, -0.15) is 0 Å². The van der Waals surface area contributed by atoms with Crippen molar-refractivity contribution in [3.8, 4) is 0 Å². The highest BCUT2D eigenvalue weighted by Gasteiger charge is 2.55. The van der Waals surface area contributed by atoms with E-state index in [4.69, 9.17) is 24.5 Å². The molecule has 16 heavy (non-hydrogen) atoms. The molecule has 4 atom stereocenters. The molecular formula is C9H15N3O4. The first kappa shape index (κ1) is 11.6. The first-order chi connectivity index (χ1) is 7.57. The molecule has 2 rings (SSSR count). The Kier molecular flexibility index (Phi) is 3.05. The van der Waals surface area contributed by atoms with Crippen LogP contribution in [0.25, 0.3) is 10.4 Å². The van der Waals surface area contributed by atoms with Crippen LogP contribution in [0.4, 0.5) is 0 Å². The third-order valence-electron chi connectivity index (χ3n) is 2.66. The van der Waals surface area contributed by atoms with Gasteiger partial charge >= 0.3 is 0 Å². The molecule has 0 radical (unpaired) electrons. The molecule has 0 saturated carbocycles. The van der Waals surface area contributed by atoms with Crippen LogP contribution in [-0.2, 0) is 18.9 Å². The summed E-state index contributed by atoms with van der Waals surface area (Å²) in [4.78, 5) is 2.71. The predicted molar refractivity (Wildman–Crippen MR) is 53.5 cm³/mol. The summed E-state index contributed by atoms with van der Waals surface area (Å²) >= 11 is 0. The number of fused-ring (bicyclic) bond motifs is 1.